The van der Waals surface area contributed by atoms with Gasteiger partial charge in [0, 0.05) is 15.7 Å². The minimum Gasteiger partial charge on any atom is -0.0921 e. The van der Waals surface area contributed by atoms with Crippen LogP contribution in [0.4, 0.5) is 0 Å². The van der Waals surface area contributed by atoms with Crippen LogP contribution >= 0.6 is 43.5 Å². The molecule has 0 bridgehead atoms. The Morgan fingerprint density at radius 2 is 1.62 bits per heavy atom. The maximum atomic E-state index is 5.89. The third kappa shape index (κ3) is 3.48. The SMILES string of the molecule is CC(C)C(CBr)(CBr)Cc1ccc(Cl)cc1. The first-order chi connectivity index (χ1) is 7.54. The second-order valence-electron chi connectivity index (χ2n) is 4.59. The third-order valence-electron chi connectivity index (χ3n) is 3.23. The maximum absolute atomic E-state index is 5.89. The van der Waals surface area contributed by atoms with E-state index >= 15 is 0 Å². The van der Waals surface area contributed by atoms with Crippen molar-refractivity contribution >= 4 is 43.5 Å². The summed E-state index contributed by atoms with van der Waals surface area (Å²) in [6.45, 7) is 4.55. The van der Waals surface area contributed by atoms with Crippen molar-refractivity contribution in [2.75, 3.05) is 10.7 Å². The topological polar surface area (TPSA) is 0 Å². The van der Waals surface area contributed by atoms with E-state index in [9.17, 15) is 0 Å². The van der Waals surface area contributed by atoms with Crippen LogP contribution in [-0.2, 0) is 6.42 Å². The zero-order chi connectivity index (χ0) is 12.2. The van der Waals surface area contributed by atoms with Crippen molar-refractivity contribution in [3.63, 3.8) is 0 Å². The molecule has 0 unspecified atom stereocenters. The van der Waals surface area contributed by atoms with E-state index in [-0.39, 0.29) is 5.41 Å². The van der Waals surface area contributed by atoms with E-state index in [1.807, 2.05) is 12.1 Å². The fourth-order valence-corrected chi connectivity index (χ4v) is 4.40. The van der Waals surface area contributed by atoms with Crippen LogP contribution in [0.5, 0.6) is 0 Å². The molecule has 0 N–H and O–H groups in total. The summed E-state index contributed by atoms with van der Waals surface area (Å²) in [5.41, 5.74) is 1.62. The minimum absolute atomic E-state index is 0.272. The lowest BCUT2D eigenvalue weighted by Gasteiger charge is -2.34. The van der Waals surface area contributed by atoms with Gasteiger partial charge in [0.25, 0.3) is 0 Å². The van der Waals surface area contributed by atoms with Crippen molar-refractivity contribution in [2.45, 2.75) is 20.3 Å². The highest BCUT2D eigenvalue weighted by molar-refractivity contribution is 9.09. The summed E-state index contributed by atoms with van der Waals surface area (Å²) >= 11 is 13.2. The van der Waals surface area contributed by atoms with Crippen molar-refractivity contribution in [3.05, 3.63) is 34.9 Å². The molecule has 0 aliphatic carbocycles. The number of halogens is 3. The molecule has 0 spiro atoms. The van der Waals surface area contributed by atoms with Gasteiger partial charge in [-0.3, -0.25) is 0 Å². The van der Waals surface area contributed by atoms with Gasteiger partial charge in [0.05, 0.1) is 0 Å². The van der Waals surface area contributed by atoms with E-state index in [2.05, 4.69) is 57.8 Å². The zero-order valence-electron chi connectivity index (χ0n) is 9.64. The third-order valence-corrected chi connectivity index (χ3v) is 5.71. The van der Waals surface area contributed by atoms with Crippen molar-refractivity contribution in [2.24, 2.45) is 11.3 Å². The first-order valence-electron chi connectivity index (χ1n) is 5.40. The van der Waals surface area contributed by atoms with Gasteiger partial charge < -0.3 is 0 Å². The van der Waals surface area contributed by atoms with Crippen LogP contribution < -0.4 is 0 Å². The molecule has 1 aromatic carbocycles. The molecular formula is C13H17Br2Cl. The summed E-state index contributed by atoms with van der Waals surface area (Å²) in [6, 6.07) is 8.16. The second-order valence-corrected chi connectivity index (χ2v) is 6.15. The quantitative estimate of drug-likeness (QED) is 0.618. The van der Waals surface area contributed by atoms with Gasteiger partial charge >= 0.3 is 0 Å². The minimum atomic E-state index is 0.272. The Balaban J connectivity index is 2.87. The molecule has 0 nitrogen and oxygen atoms in total. The molecule has 0 atom stereocenters. The average molecular weight is 369 g/mol. The summed E-state index contributed by atoms with van der Waals surface area (Å²) in [5.74, 6) is 0.627. The molecule has 1 rings (SSSR count). The van der Waals surface area contributed by atoms with Gasteiger partial charge in [-0.15, -0.1) is 0 Å². The predicted molar refractivity (Wildman–Crippen MR) is 80.0 cm³/mol. The van der Waals surface area contributed by atoms with Crippen LogP contribution in [0.25, 0.3) is 0 Å². The Morgan fingerprint density at radius 3 is 2.00 bits per heavy atom. The molecule has 0 heterocycles. The van der Waals surface area contributed by atoms with E-state index < -0.39 is 0 Å². The highest BCUT2D eigenvalue weighted by atomic mass is 79.9. The molecule has 3 heteroatoms. The van der Waals surface area contributed by atoms with Crippen LogP contribution in [0.3, 0.4) is 0 Å². The lowest BCUT2D eigenvalue weighted by Crippen LogP contribution is -2.33. The van der Waals surface area contributed by atoms with Gasteiger partial charge in [0.2, 0.25) is 0 Å². The number of hydrogen-bond acceptors (Lipinski definition) is 0. The number of benzene rings is 1. The van der Waals surface area contributed by atoms with Crippen LogP contribution in [0.1, 0.15) is 19.4 Å². The summed E-state index contributed by atoms with van der Waals surface area (Å²) in [7, 11) is 0. The van der Waals surface area contributed by atoms with Crippen molar-refractivity contribution in [1.29, 1.82) is 0 Å². The van der Waals surface area contributed by atoms with E-state index in [0.717, 1.165) is 22.1 Å². The van der Waals surface area contributed by atoms with E-state index in [1.165, 1.54) is 5.56 Å². The van der Waals surface area contributed by atoms with Gasteiger partial charge in [0.15, 0.2) is 0 Å². The zero-order valence-corrected chi connectivity index (χ0v) is 13.6. The highest BCUT2D eigenvalue weighted by Crippen LogP contribution is 2.36. The first kappa shape index (κ1) is 14.5. The smallest absolute Gasteiger partial charge is 0.0406 e. The monoisotopic (exact) mass is 366 g/mol. The Kier molecular flexibility index (Phi) is 5.83. The first-order valence-corrected chi connectivity index (χ1v) is 8.02. The molecule has 0 aliphatic heterocycles. The van der Waals surface area contributed by atoms with Gasteiger partial charge in [-0.2, -0.15) is 0 Å². The maximum Gasteiger partial charge on any atom is 0.0406 e. The van der Waals surface area contributed by atoms with Gasteiger partial charge in [-0.05, 0) is 35.4 Å². The molecule has 0 saturated heterocycles. The average Bonchev–Trinajstić information content (AvgIpc) is 2.28. The van der Waals surface area contributed by atoms with E-state index in [1.54, 1.807) is 0 Å². The molecule has 90 valence electrons. The van der Waals surface area contributed by atoms with Gasteiger partial charge in [-0.25, -0.2) is 0 Å². The number of hydrogen-bond donors (Lipinski definition) is 0. The summed E-state index contributed by atoms with van der Waals surface area (Å²) in [5, 5.41) is 2.81. The molecule has 0 saturated carbocycles. The van der Waals surface area contributed by atoms with E-state index in [4.69, 9.17) is 11.6 Å². The molecule has 0 aromatic heterocycles. The molecular weight excluding hydrogens is 351 g/mol. The van der Waals surface area contributed by atoms with Gasteiger partial charge in [-0.1, -0.05) is 69.4 Å². The second kappa shape index (κ2) is 6.42. The predicted octanol–water partition coefficient (Wildman–Crippen LogP) is 5.31. The Morgan fingerprint density at radius 1 is 1.12 bits per heavy atom. The highest BCUT2D eigenvalue weighted by Gasteiger charge is 2.31. The van der Waals surface area contributed by atoms with Gasteiger partial charge in [0.1, 0.15) is 0 Å². The molecule has 16 heavy (non-hydrogen) atoms. The summed E-state index contributed by atoms with van der Waals surface area (Å²) in [4.78, 5) is 0. The molecule has 0 amide bonds. The number of alkyl halides is 2. The number of rotatable bonds is 5. The lowest BCUT2D eigenvalue weighted by molar-refractivity contribution is 0.268. The summed E-state index contributed by atoms with van der Waals surface area (Å²) in [6.07, 6.45) is 1.07. The van der Waals surface area contributed by atoms with Crippen LogP contribution in [-0.4, -0.2) is 10.7 Å². The normalized spacial score (nSPS) is 12.1. The van der Waals surface area contributed by atoms with Crippen molar-refractivity contribution < 1.29 is 0 Å². The van der Waals surface area contributed by atoms with Crippen LogP contribution in [0, 0.1) is 11.3 Å². The van der Waals surface area contributed by atoms with Crippen molar-refractivity contribution in [3.8, 4) is 0 Å². The Bertz CT molecular complexity index is 315. The lowest BCUT2D eigenvalue weighted by atomic mass is 9.76. The van der Waals surface area contributed by atoms with Crippen LogP contribution in [0.2, 0.25) is 5.02 Å². The Hall–Kier alpha value is 0.470. The molecule has 0 aliphatic rings. The standard InChI is InChI=1S/C13H17Br2Cl/c1-10(2)13(8-14,9-15)7-11-3-5-12(16)6-4-11/h3-6,10H,7-9H2,1-2H3. The summed E-state index contributed by atoms with van der Waals surface area (Å²) < 4.78 is 0. The fraction of sp³-hybridized carbons (Fsp3) is 0.538. The fourth-order valence-electron chi connectivity index (χ4n) is 1.65. The van der Waals surface area contributed by atoms with Crippen molar-refractivity contribution in [1.82, 2.24) is 0 Å². The molecule has 1 aromatic rings. The van der Waals surface area contributed by atoms with Crippen LogP contribution in [0.15, 0.2) is 24.3 Å². The molecule has 0 fully saturated rings. The molecule has 0 radical (unpaired) electrons. The van der Waals surface area contributed by atoms with E-state index in [0.29, 0.717) is 5.92 Å². The Labute approximate surface area is 120 Å². The largest absolute Gasteiger partial charge is 0.0921 e.